The van der Waals surface area contributed by atoms with E-state index < -0.39 is 5.54 Å². The Balaban J connectivity index is 1.92. The normalized spacial score (nSPS) is 27.7. The summed E-state index contributed by atoms with van der Waals surface area (Å²) in [6.45, 7) is 4.04. The molecule has 0 heterocycles. The third-order valence-corrected chi connectivity index (χ3v) is 5.19. The smallest absolute Gasteiger partial charge is 0.235 e. The highest BCUT2D eigenvalue weighted by Crippen LogP contribution is 2.30. The van der Waals surface area contributed by atoms with E-state index in [9.17, 15) is 10.1 Å². The second kappa shape index (κ2) is 7.24. The van der Waals surface area contributed by atoms with Gasteiger partial charge in [0, 0.05) is 6.04 Å². The lowest BCUT2D eigenvalue weighted by Crippen LogP contribution is -2.51. The van der Waals surface area contributed by atoms with Crippen LogP contribution in [-0.4, -0.2) is 42.0 Å². The first-order valence-corrected chi connectivity index (χ1v) is 8.30. The van der Waals surface area contributed by atoms with Crippen molar-refractivity contribution in [1.82, 2.24) is 10.2 Å². The van der Waals surface area contributed by atoms with Crippen molar-refractivity contribution < 1.29 is 4.79 Å². The molecule has 1 amide bonds. The number of carbonyl (C=O) groups is 1. The maximum Gasteiger partial charge on any atom is 0.235 e. The Morgan fingerprint density at radius 2 is 2.10 bits per heavy atom. The van der Waals surface area contributed by atoms with E-state index in [-0.39, 0.29) is 5.91 Å². The first-order chi connectivity index (χ1) is 10.1. The summed E-state index contributed by atoms with van der Waals surface area (Å²) in [5.41, 5.74) is 5.24. The largest absolute Gasteiger partial charge is 0.337 e. The lowest BCUT2D eigenvalue weighted by atomic mass is 9.99. The van der Waals surface area contributed by atoms with Crippen molar-refractivity contribution in [3.8, 4) is 6.07 Å². The molecular formula is C16H28N4O. The maximum atomic E-state index is 12.3. The van der Waals surface area contributed by atoms with Gasteiger partial charge in [-0.25, -0.2) is 0 Å². The molecule has 0 spiro atoms. The molecule has 2 saturated carbocycles. The van der Waals surface area contributed by atoms with Crippen molar-refractivity contribution in [2.45, 2.75) is 63.5 Å². The molecule has 0 aliphatic heterocycles. The van der Waals surface area contributed by atoms with Crippen LogP contribution in [0, 0.1) is 17.2 Å². The molecule has 2 aliphatic rings. The zero-order valence-electron chi connectivity index (χ0n) is 13.1. The fraction of sp³-hybridized carbons (Fsp3) is 0.875. The molecule has 0 radical (unpaired) electrons. The molecule has 0 aromatic rings. The molecule has 0 aromatic carbocycles. The number of nitrogens with two attached hydrogens (primary N) is 1. The lowest BCUT2D eigenvalue weighted by molar-refractivity contribution is -0.124. The summed E-state index contributed by atoms with van der Waals surface area (Å²) in [5, 5.41) is 12.3. The molecule has 5 nitrogen and oxygen atoms in total. The second-order valence-corrected chi connectivity index (χ2v) is 6.51. The van der Waals surface area contributed by atoms with E-state index in [0.717, 1.165) is 38.6 Å². The van der Waals surface area contributed by atoms with Crippen LogP contribution in [-0.2, 0) is 4.79 Å². The maximum absolute atomic E-state index is 12.3. The van der Waals surface area contributed by atoms with Crippen LogP contribution in [0.25, 0.3) is 0 Å². The van der Waals surface area contributed by atoms with Gasteiger partial charge in [0.15, 0.2) is 0 Å². The number of hydrogen-bond donors (Lipinski definition) is 2. The molecule has 0 saturated heterocycles. The Bertz CT molecular complexity index is 398. The molecular weight excluding hydrogens is 264 g/mol. The van der Waals surface area contributed by atoms with Crippen molar-refractivity contribution in [3.63, 3.8) is 0 Å². The zero-order chi connectivity index (χ0) is 15.3. The summed E-state index contributed by atoms with van der Waals surface area (Å²) >= 11 is 0. The fourth-order valence-electron chi connectivity index (χ4n) is 3.97. The zero-order valence-corrected chi connectivity index (χ0v) is 13.1. The van der Waals surface area contributed by atoms with Crippen molar-refractivity contribution in [2.75, 3.05) is 19.6 Å². The number of hydrogen-bond acceptors (Lipinski definition) is 4. The number of nitrogens with zero attached hydrogens (tertiary/aromatic N) is 2. The van der Waals surface area contributed by atoms with Gasteiger partial charge in [0.25, 0.3) is 0 Å². The van der Waals surface area contributed by atoms with E-state index >= 15 is 0 Å². The van der Waals surface area contributed by atoms with Gasteiger partial charge in [-0.3, -0.25) is 9.69 Å². The minimum absolute atomic E-state index is 0.0111. The molecule has 5 heteroatoms. The predicted octanol–water partition coefficient (Wildman–Crippen LogP) is 1.39. The highest BCUT2D eigenvalue weighted by atomic mass is 16.2. The summed E-state index contributed by atoms with van der Waals surface area (Å²) in [6.07, 6.45) is 7.14. The average molecular weight is 292 g/mol. The molecule has 2 unspecified atom stereocenters. The summed E-state index contributed by atoms with van der Waals surface area (Å²) in [7, 11) is 0. The van der Waals surface area contributed by atoms with Gasteiger partial charge >= 0.3 is 0 Å². The SMILES string of the molecule is CCN(CC(=O)NC1(C#N)CCCC1)C1CCCC1CN. The van der Waals surface area contributed by atoms with Crippen LogP contribution in [0.1, 0.15) is 51.9 Å². The second-order valence-electron chi connectivity index (χ2n) is 6.51. The first-order valence-electron chi connectivity index (χ1n) is 8.30. The average Bonchev–Trinajstić information content (AvgIpc) is 3.13. The number of likely N-dealkylation sites (N-methyl/N-ethyl adjacent to an activating group) is 1. The summed E-state index contributed by atoms with van der Waals surface area (Å²) < 4.78 is 0. The molecule has 2 atom stereocenters. The third-order valence-electron chi connectivity index (χ3n) is 5.19. The van der Waals surface area contributed by atoms with Gasteiger partial charge in [-0.15, -0.1) is 0 Å². The molecule has 2 aliphatic carbocycles. The van der Waals surface area contributed by atoms with Crippen LogP contribution < -0.4 is 11.1 Å². The topological polar surface area (TPSA) is 82.2 Å². The van der Waals surface area contributed by atoms with Crippen LogP contribution in [0.2, 0.25) is 0 Å². The van der Waals surface area contributed by atoms with Crippen LogP contribution in [0.15, 0.2) is 0 Å². The van der Waals surface area contributed by atoms with Crippen molar-refractivity contribution in [2.24, 2.45) is 11.7 Å². The van der Waals surface area contributed by atoms with Crippen LogP contribution in [0.3, 0.4) is 0 Å². The van der Waals surface area contributed by atoms with Gasteiger partial charge in [-0.1, -0.05) is 13.3 Å². The Kier molecular flexibility index (Phi) is 5.60. The van der Waals surface area contributed by atoms with E-state index in [0.29, 0.717) is 25.0 Å². The fourth-order valence-corrected chi connectivity index (χ4v) is 3.97. The number of nitrogens with one attached hydrogen (secondary N) is 1. The molecule has 118 valence electrons. The van der Waals surface area contributed by atoms with Gasteiger partial charge in [-0.2, -0.15) is 5.26 Å². The lowest BCUT2D eigenvalue weighted by Gasteiger charge is -2.32. The molecule has 21 heavy (non-hydrogen) atoms. The van der Waals surface area contributed by atoms with Gasteiger partial charge in [0.05, 0.1) is 12.6 Å². The van der Waals surface area contributed by atoms with Crippen molar-refractivity contribution >= 4 is 5.91 Å². The molecule has 0 bridgehead atoms. The van der Waals surface area contributed by atoms with E-state index in [1.165, 1.54) is 12.8 Å². The van der Waals surface area contributed by atoms with Gasteiger partial charge in [0.1, 0.15) is 5.54 Å². The van der Waals surface area contributed by atoms with Gasteiger partial charge in [0.2, 0.25) is 5.91 Å². The van der Waals surface area contributed by atoms with Gasteiger partial charge in [-0.05, 0) is 57.5 Å². The Labute approximate surface area is 127 Å². The van der Waals surface area contributed by atoms with E-state index in [2.05, 4.69) is 23.2 Å². The van der Waals surface area contributed by atoms with Crippen LogP contribution in [0.5, 0.6) is 0 Å². The summed E-state index contributed by atoms with van der Waals surface area (Å²) in [6, 6.07) is 2.74. The van der Waals surface area contributed by atoms with Crippen molar-refractivity contribution in [1.29, 1.82) is 5.26 Å². The highest BCUT2D eigenvalue weighted by molar-refractivity contribution is 5.79. The summed E-state index contributed by atoms with van der Waals surface area (Å²) in [4.78, 5) is 14.6. The molecule has 3 N–H and O–H groups in total. The van der Waals surface area contributed by atoms with E-state index in [1.54, 1.807) is 0 Å². The number of amides is 1. The Morgan fingerprint density at radius 3 is 2.67 bits per heavy atom. The molecule has 2 rings (SSSR count). The minimum Gasteiger partial charge on any atom is -0.337 e. The minimum atomic E-state index is -0.612. The van der Waals surface area contributed by atoms with E-state index in [4.69, 9.17) is 5.73 Å². The number of nitriles is 1. The Morgan fingerprint density at radius 1 is 1.38 bits per heavy atom. The van der Waals surface area contributed by atoms with Crippen LogP contribution in [0.4, 0.5) is 0 Å². The van der Waals surface area contributed by atoms with Crippen molar-refractivity contribution in [3.05, 3.63) is 0 Å². The number of rotatable bonds is 6. The summed E-state index contributed by atoms with van der Waals surface area (Å²) in [5.74, 6) is 0.497. The van der Waals surface area contributed by atoms with Crippen LogP contribution >= 0.6 is 0 Å². The predicted molar refractivity (Wildman–Crippen MR) is 82.4 cm³/mol. The molecule has 2 fully saturated rings. The number of carbonyl (C=O) groups excluding carboxylic acids is 1. The monoisotopic (exact) mass is 292 g/mol. The first kappa shape index (κ1) is 16.3. The quantitative estimate of drug-likeness (QED) is 0.775. The van der Waals surface area contributed by atoms with E-state index in [1.807, 2.05) is 0 Å². The molecule has 0 aromatic heterocycles. The van der Waals surface area contributed by atoms with Gasteiger partial charge < -0.3 is 11.1 Å². The highest BCUT2D eigenvalue weighted by Gasteiger charge is 2.37. The third kappa shape index (κ3) is 3.75. The standard InChI is InChI=1S/C16H28N4O/c1-2-20(14-7-5-6-13(14)10-17)11-15(21)19-16(12-18)8-3-4-9-16/h13-14H,2-11,17H2,1H3,(H,19,21). The Hall–Kier alpha value is -1.12.